The summed E-state index contributed by atoms with van der Waals surface area (Å²) in [4.78, 5) is 3.16. The highest BCUT2D eigenvalue weighted by molar-refractivity contribution is 7.92. The zero-order valence-corrected chi connectivity index (χ0v) is 20.6. The molecule has 4 rings (SSSR count). The van der Waals surface area contributed by atoms with Crippen LogP contribution in [0.1, 0.15) is 20.8 Å². The number of anilines is 1. The van der Waals surface area contributed by atoms with Crippen LogP contribution in [0.3, 0.4) is 0 Å². The molecule has 0 aliphatic rings. The number of ether oxygens (including phenoxy) is 1. The molecular formula is C22H19ClF2N4O3S2. The summed E-state index contributed by atoms with van der Waals surface area (Å²) >= 11 is 7.42. The summed E-state index contributed by atoms with van der Waals surface area (Å²) in [5.74, 6) is -1.51. The van der Waals surface area contributed by atoms with E-state index in [-0.39, 0.29) is 27.9 Å². The molecule has 0 bridgehead atoms. The van der Waals surface area contributed by atoms with Gasteiger partial charge in [0.2, 0.25) is 0 Å². The van der Waals surface area contributed by atoms with E-state index in [0.717, 1.165) is 12.1 Å². The molecule has 0 amide bonds. The lowest BCUT2D eigenvalue weighted by molar-refractivity contribution is 0.356. The molecule has 0 fully saturated rings. The first-order valence-electron chi connectivity index (χ1n) is 9.88. The van der Waals surface area contributed by atoms with E-state index in [1.807, 2.05) is 20.8 Å². The van der Waals surface area contributed by atoms with Crippen LogP contribution in [0.25, 0.3) is 11.3 Å². The van der Waals surface area contributed by atoms with Gasteiger partial charge in [0.15, 0.2) is 5.82 Å². The normalized spacial score (nSPS) is 12.1. The second-order valence-corrected chi connectivity index (χ2v) is 11.0. The number of sulfonamides is 1. The van der Waals surface area contributed by atoms with Crippen molar-refractivity contribution in [2.45, 2.75) is 31.2 Å². The van der Waals surface area contributed by atoms with E-state index in [4.69, 9.17) is 16.3 Å². The Balaban J connectivity index is 1.69. The van der Waals surface area contributed by atoms with E-state index in [1.165, 1.54) is 40.4 Å². The molecular weight excluding hydrogens is 506 g/mol. The van der Waals surface area contributed by atoms with Crippen molar-refractivity contribution in [3.8, 4) is 22.8 Å². The van der Waals surface area contributed by atoms with Gasteiger partial charge < -0.3 is 4.74 Å². The van der Waals surface area contributed by atoms with Crippen LogP contribution in [-0.2, 0) is 15.6 Å². The van der Waals surface area contributed by atoms with Crippen molar-refractivity contribution < 1.29 is 21.9 Å². The molecule has 178 valence electrons. The van der Waals surface area contributed by atoms with Gasteiger partial charge in [-0.15, -0.1) is 11.3 Å². The molecule has 2 aromatic carbocycles. The topological polar surface area (TPSA) is 86.1 Å². The first-order chi connectivity index (χ1) is 15.9. The average molecular weight is 525 g/mol. The standard InChI is InChI=1S/C22H19ClF2N4O3S2/c1-22(2,3)29-7-6-17(27-29)14-8-13(24)4-5-18(14)32-19-10-16(25)20(9-15(19)23)34(30,31)28-21-11-33-12-26-21/h4-12,28H,1-3H3. The van der Waals surface area contributed by atoms with Gasteiger partial charge in [0.25, 0.3) is 10.0 Å². The molecule has 4 aromatic rings. The van der Waals surface area contributed by atoms with Gasteiger partial charge in [-0.1, -0.05) is 11.6 Å². The summed E-state index contributed by atoms with van der Waals surface area (Å²) in [6.45, 7) is 5.90. The Labute approximate surface area is 204 Å². The quantitative estimate of drug-likeness (QED) is 0.320. The molecule has 2 aromatic heterocycles. The van der Waals surface area contributed by atoms with Gasteiger partial charge >= 0.3 is 0 Å². The lowest BCUT2D eigenvalue weighted by atomic mass is 10.1. The largest absolute Gasteiger partial charge is 0.455 e. The summed E-state index contributed by atoms with van der Waals surface area (Å²) in [6, 6.07) is 7.29. The molecule has 0 saturated heterocycles. The van der Waals surface area contributed by atoms with Gasteiger partial charge in [-0.3, -0.25) is 9.40 Å². The smallest absolute Gasteiger partial charge is 0.266 e. The maximum atomic E-state index is 14.8. The number of thiazole rings is 1. The fraction of sp³-hybridized carbons (Fsp3) is 0.182. The Bertz CT molecular complexity index is 1450. The van der Waals surface area contributed by atoms with Crippen LogP contribution in [0.15, 0.2) is 58.4 Å². The van der Waals surface area contributed by atoms with E-state index in [0.29, 0.717) is 11.3 Å². The summed E-state index contributed by atoms with van der Waals surface area (Å²) in [5.41, 5.74) is 1.89. The summed E-state index contributed by atoms with van der Waals surface area (Å²) in [5, 5.41) is 5.79. The number of nitrogens with one attached hydrogen (secondary N) is 1. The highest BCUT2D eigenvalue weighted by atomic mass is 35.5. The molecule has 0 unspecified atom stereocenters. The van der Waals surface area contributed by atoms with Crippen molar-refractivity contribution in [2.75, 3.05) is 4.72 Å². The minimum atomic E-state index is -4.28. The van der Waals surface area contributed by atoms with Crippen molar-refractivity contribution in [1.29, 1.82) is 0 Å². The molecule has 12 heteroatoms. The molecule has 0 radical (unpaired) electrons. The van der Waals surface area contributed by atoms with Crippen LogP contribution in [0.4, 0.5) is 14.6 Å². The fourth-order valence-electron chi connectivity index (χ4n) is 3.00. The van der Waals surface area contributed by atoms with Crippen molar-refractivity contribution in [3.63, 3.8) is 0 Å². The van der Waals surface area contributed by atoms with Crippen molar-refractivity contribution in [2.24, 2.45) is 0 Å². The molecule has 0 spiro atoms. The Hall–Kier alpha value is -3.02. The monoisotopic (exact) mass is 524 g/mol. The number of aromatic nitrogens is 3. The van der Waals surface area contributed by atoms with E-state index in [9.17, 15) is 17.2 Å². The Morgan fingerprint density at radius 1 is 1.12 bits per heavy atom. The molecule has 7 nitrogen and oxygen atoms in total. The number of nitrogens with zero attached hydrogens (tertiary/aromatic N) is 3. The van der Waals surface area contributed by atoms with Crippen molar-refractivity contribution >= 4 is 38.8 Å². The first kappa shape index (κ1) is 24.1. The SMILES string of the molecule is CC(C)(C)n1ccc(-c2cc(F)ccc2Oc2cc(F)c(S(=O)(=O)Nc3cscn3)cc2Cl)n1. The van der Waals surface area contributed by atoms with Crippen LogP contribution in [0, 0.1) is 11.6 Å². The third kappa shape index (κ3) is 5.06. The summed E-state index contributed by atoms with van der Waals surface area (Å²) in [7, 11) is -4.28. The van der Waals surface area contributed by atoms with Crippen LogP contribution >= 0.6 is 22.9 Å². The predicted molar refractivity (Wildman–Crippen MR) is 127 cm³/mol. The van der Waals surface area contributed by atoms with Gasteiger partial charge in [0, 0.05) is 23.2 Å². The van der Waals surface area contributed by atoms with Gasteiger partial charge in [-0.05, 0) is 51.1 Å². The number of hydrogen-bond acceptors (Lipinski definition) is 6. The molecule has 1 N–H and O–H groups in total. The van der Waals surface area contributed by atoms with Gasteiger partial charge in [0.1, 0.15) is 28.0 Å². The minimum Gasteiger partial charge on any atom is -0.455 e. The summed E-state index contributed by atoms with van der Waals surface area (Å²) in [6.07, 6.45) is 1.76. The number of benzene rings is 2. The van der Waals surface area contributed by atoms with Gasteiger partial charge in [0.05, 0.1) is 21.8 Å². The Kier molecular flexibility index (Phi) is 6.36. The van der Waals surface area contributed by atoms with E-state index in [1.54, 1.807) is 16.9 Å². The average Bonchev–Trinajstić information content (AvgIpc) is 3.43. The maximum Gasteiger partial charge on any atom is 0.266 e. The fourth-order valence-corrected chi connectivity index (χ4v) is 4.91. The Morgan fingerprint density at radius 3 is 2.53 bits per heavy atom. The summed E-state index contributed by atoms with van der Waals surface area (Å²) < 4.78 is 63.7. The highest BCUT2D eigenvalue weighted by Crippen LogP contribution is 2.38. The second kappa shape index (κ2) is 8.97. The first-order valence-corrected chi connectivity index (χ1v) is 12.7. The lowest BCUT2D eigenvalue weighted by Gasteiger charge is -2.19. The molecule has 0 aliphatic heterocycles. The van der Waals surface area contributed by atoms with Gasteiger partial charge in [-0.2, -0.15) is 5.10 Å². The van der Waals surface area contributed by atoms with Crippen molar-refractivity contribution in [1.82, 2.24) is 14.8 Å². The zero-order valence-electron chi connectivity index (χ0n) is 18.2. The number of halogens is 3. The maximum absolute atomic E-state index is 14.8. The van der Waals surface area contributed by atoms with Crippen LogP contribution in [-0.4, -0.2) is 23.2 Å². The highest BCUT2D eigenvalue weighted by Gasteiger charge is 2.24. The minimum absolute atomic E-state index is 0.0616. The van der Waals surface area contributed by atoms with Crippen LogP contribution < -0.4 is 9.46 Å². The third-order valence-electron chi connectivity index (χ3n) is 4.66. The van der Waals surface area contributed by atoms with E-state index in [2.05, 4.69) is 14.8 Å². The van der Waals surface area contributed by atoms with E-state index >= 15 is 0 Å². The Morgan fingerprint density at radius 2 is 1.88 bits per heavy atom. The second-order valence-electron chi connectivity index (χ2n) is 8.25. The van der Waals surface area contributed by atoms with Gasteiger partial charge in [-0.25, -0.2) is 22.2 Å². The van der Waals surface area contributed by atoms with E-state index < -0.39 is 26.6 Å². The van der Waals surface area contributed by atoms with Crippen molar-refractivity contribution in [3.05, 3.63) is 70.1 Å². The molecule has 34 heavy (non-hydrogen) atoms. The molecule has 0 saturated carbocycles. The predicted octanol–water partition coefficient (Wildman–Crippen LogP) is 6.29. The molecule has 0 atom stereocenters. The zero-order chi connectivity index (χ0) is 24.7. The number of rotatable bonds is 6. The lowest BCUT2D eigenvalue weighted by Crippen LogP contribution is -2.22. The third-order valence-corrected chi connectivity index (χ3v) is 6.91. The van der Waals surface area contributed by atoms with Crippen LogP contribution in [0.2, 0.25) is 5.02 Å². The number of hydrogen-bond donors (Lipinski definition) is 1. The molecule has 2 heterocycles. The molecule has 0 aliphatic carbocycles. The van der Waals surface area contributed by atoms with Crippen LogP contribution in [0.5, 0.6) is 11.5 Å².